The fourth-order valence-electron chi connectivity index (χ4n) is 4.64. The zero-order valence-corrected chi connectivity index (χ0v) is 20.6. The van der Waals surface area contributed by atoms with Crippen LogP contribution in [0, 0.1) is 5.92 Å². The molecule has 1 fully saturated rings. The number of rotatable bonds is 6. The van der Waals surface area contributed by atoms with Crippen LogP contribution in [0.1, 0.15) is 47.9 Å². The number of piperazine rings is 1. The number of carbonyl (C=O) groups is 3. The molecule has 6 nitrogen and oxygen atoms in total. The number of nitrogens with one attached hydrogen (secondary N) is 1. The normalized spacial score (nSPS) is 17.6. The van der Waals surface area contributed by atoms with Crippen LogP contribution in [0.5, 0.6) is 0 Å². The lowest BCUT2D eigenvalue weighted by atomic mass is 9.96. The molecule has 0 radical (unpaired) electrons. The van der Waals surface area contributed by atoms with Crippen molar-refractivity contribution >= 4 is 28.5 Å². The van der Waals surface area contributed by atoms with E-state index >= 15 is 0 Å². The van der Waals surface area contributed by atoms with E-state index in [2.05, 4.69) is 5.32 Å². The predicted octanol–water partition coefficient (Wildman–Crippen LogP) is 4.36. The summed E-state index contributed by atoms with van der Waals surface area (Å²) in [6.07, 6.45) is 0.760. The summed E-state index contributed by atoms with van der Waals surface area (Å²) in [5, 5.41) is 5.06. The number of hydrogen-bond donors (Lipinski definition) is 1. The minimum absolute atomic E-state index is 0.0201. The summed E-state index contributed by atoms with van der Waals surface area (Å²) in [5.74, 6) is -0.382. The predicted molar refractivity (Wildman–Crippen MR) is 138 cm³/mol. The van der Waals surface area contributed by atoms with Crippen molar-refractivity contribution in [2.75, 3.05) is 19.6 Å². The molecule has 0 spiro atoms. The highest BCUT2D eigenvalue weighted by atomic mass is 16.2. The molecular weight excluding hydrogens is 438 g/mol. The Labute approximate surface area is 206 Å². The van der Waals surface area contributed by atoms with Gasteiger partial charge in [-0.05, 0) is 47.9 Å². The molecule has 3 unspecified atom stereocenters. The van der Waals surface area contributed by atoms with E-state index in [9.17, 15) is 14.4 Å². The molecule has 1 heterocycles. The second-order valence-electron chi connectivity index (χ2n) is 9.40. The lowest BCUT2D eigenvalue weighted by Crippen LogP contribution is -2.60. The molecular formula is C29H33N3O3. The first kappa shape index (κ1) is 24.5. The van der Waals surface area contributed by atoms with Crippen LogP contribution in [-0.2, 0) is 4.79 Å². The van der Waals surface area contributed by atoms with Gasteiger partial charge in [0.2, 0.25) is 5.91 Å². The van der Waals surface area contributed by atoms with E-state index in [1.54, 1.807) is 11.0 Å². The van der Waals surface area contributed by atoms with Crippen LogP contribution in [0.2, 0.25) is 0 Å². The first-order valence-electron chi connectivity index (χ1n) is 12.3. The number of amides is 3. The third-order valence-corrected chi connectivity index (χ3v) is 7.00. The van der Waals surface area contributed by atoms with Crippen molar-refractivity contribution in [2.24, 2.45) is 5.92 Å². The van der Waals surface area contributed by atoms with Crippen LogP contribution in [-0.4, -0.2) is 59.2 Å². The van der Waals surface area contributed by atoms with E-state index in [4.69, 9.17) is 0 Å². The fraction of sp³-hybridized carbons (Fsp3) is 0.345. The smallest absolute Gasteiger partial charge is 0.254 e. The minimum Gasteiger partial charge on any atom is -0.340 e. The van der Waals surface area contributed by atoms with Crippen molar-refractivity contribution in [3.8, 4) is 0 Å². The molecule has 0 bridgehead atoms. The highest BCUT2D eigenvalue weighted by Crippen LogP contribution is 2.19. The van der Waals surface area contributed by atoms with Crippen LogP contribution in [0.4, 0.5) is 0 Å². The van der Waals surface area contributed by atoms with E-state index < -0.39 is 6.04 Å². The molecule has 35 heavy (non-hydrogen) atoms. The molecule has 3 aromatic carbocycles. The van der Waals surface area contributed by atoms with Gasteiger partial charge in [-0.3, -0.25) is 14.4 Å². The fourth-order valence-corrected chi connectivity index (χ4v) is 4.64. The SMILES string of the molecule is CCC(C)C(NC(=O)c1ccc2ccccc2c1)C(=O)N1CCN(C(=O)c2ccccc2)C(C)C1. The van der Waals surface area contributed by atoms with Crippen LogP contribution in [0.3, 0.4) is 0 Å². The average molecular weight is 472 g/mol. The van der Waals surface area contributed by atoms with Crippen LogP contribution >= 0.6 is 0 Å². The van der Waals surface area contributed by atoms with E-state index in [1.807, 2.05) is 92.4 Å². The summed E-state index contributed by atoms with van der Waals surface area (Å²) in [5.41, 5.74) is 1.19. The Kier molecular flexibility index (Phi) is 7.49. The largest absolute Gasteiger partial charge is 0.340 e. The third kappa shape index (κ3) is 5.37. The van der Waals surface area contributed by atoms with Crippen molar-refractivity contribution in [3.05, 3.63) is 83.9 Å². The third-order valence-electron chi connectivity index (χ3n) is 7.00. The van der Waals surface area contributed by atoms with Crippen LogP contribution in [0.15, 0.2) is 72.8 Å². The second kappa shape index (κ2) is 10.7. The maximum Gasteiger partial charge on any atom is 0.254 e. The van der Waals surface area contributed by atoms with Crippen molar-refractivity contribution in [3.63, 3.8) is 0 Å². The average Bonchev–Trinajstić information content (AvgIpc) is 2.90. The Bertz CT molecular complexity index is 1210. The van der Waals surface area contributed by atoms with Crippen molar-refractivity contribution in [1.29, 1.82) is 0 Å². The molecule has 1 N–H and O–H groups in total. The molecule has 0 aliphatic carbocycles. The van der Waals surface area contributed by atoms with Gasteiger partial charge in [-0.1, -0.05) is 68.8 Å². The molecule has 3 aromatic rings. The zero-order valence-electron chi connectivity index (χ0n) is 20.6. The van der Waals surface area contributed by atoms with Gasteiger partial charge >= 0.3 is 0 Å². The molecule has 1 aliphatic heterocycles. The van der Waals surface area contributed by atoms with E-state index in [0.29, 0.717) is 30.8 Å². The number of benzene rings is 3. The van der Waals surface area contributed by atoms with Gasteiger partial charge < -0.3 is 15.1 Å². The van der Waals surface area contributed by atoms with Gasteiger partial charge in [-0.15, -0.1) is 0 Å². The maximum absolute atomic E-state index is 13.6. The molecule has 4 rings (SSSR count). The van der Waals surface area contributed by atoms with E-state index in [0.717, 1.165) is 17.2 Å². The summed E-state index contributed by atoms with van der Waals surface area (Å²) < 4.78 is 0. The number of carbonyl (C=O) groups excluding carboxylic acids is 3. The van der Waals surface area contributed by atoms with Gasteiger partial charge in [0.15, 0.2) is 0 Å². The maximum atomic E-state index is 13.6. The molecule has 1 saturated heterocycles. The van der Waals surface area contributed by atoms with Gasteiger partial charge in [-0.2, -0.15) is 0 Å². The summed E-state index contributed by atoms with van der Waals surface area (Å²) >= 11 is 0. The minimum atomic E-state index is -0.623. The molecule has 0 aromatic heterocycles. The Hall–Kier alpha value is -3.67. The van der Waals surface area contributed by atoms with Crippen molar-refractivity contribution in [1.82, 2.24) is 15.1 Å². The number of hydrogen-bond acceptors (Lipinski definition) is 3. The van der Waals surface area contributed by atoms with Crippen LogP contribution < -0.4 is 5.32 Å². The van der Waals surface area contributed by atoms with E-state index in [1.165, 1.54) is 0 Å². The molecule has 3 atom stereocenters. The first-order chi connectivity index (χ1) is 16.9. The number of nitrogens with zero attached hydrogens (tertiary/aromatic N) is 2. The summed E-state index contributed by atoms with van der Waals surface area (Å²) in [7, 11) is 0. The van der Waals surface area contributed by atoms with Gasteiger partial charge in [0.25, 0.3) is 11.8 Å². The van der Waals surface area contributed by atoms with Crippen molar-refractivity contribution < 1.29 is 14.4 Å². The van der Waals surface area contributed by atoms with Gasteiger partial charge in [-0.25, -0.2) is 0 Å². The van der Waals surface area contributed by atoms with E-state index in [-0.39, 0.29) is 29.7 Å². The summed E-state index contributed by atoms with van der Waals surface area (Å²) in [4.78, 5) is 43.3. The molecule has 3 amide bonds. The topological polar surface area (TPSA) is 69.7 Å². The quantitative estimate of drug-likeness (QED) is 0.581. The zero-order chi connectivity index (χ0) is 24.9. The Morgan fingerprint density at radius 3 is 2.29 bits per heavy atom. The van der Waals surface area contributed by atoms with Gasteiger partial charge in [0.05, 0.1) is 0 Å². The molecule has 1 aliphatic rings. The van der Waals surface area contributed by atoms with Gasteiger partial charge in [0.1, 0.15) is 6.04 Å². The second-order valence-corrected chi connectivity index (χ2v) is 9.40. The Morgan fingerprint density at radius 2 is 1.60 bits per heavy atom. The summed E-state index contributed by atoms with van der Waals surface area (Å²) in [6, 6.07) is 22.0. The lowest BCUT2D eigenvalue weighted by Gasteiger charge is -2.41. The standard InChI is InChI=1S/C29H33N3O3/c1-4-20(2)26(30-27(33)25-15-14-22-10-8-9-13-24(22)18-25)29(35)31-16-17-32(21(3)19-31)28(34)23-11-6-5-7-12-23/h5-15,18,20-21,26H,4,16-17,19H2,1-3H3,(H,30,33). The monoisotopic (exact) mass is 471 g/mol. The molecule has 182 valence electrons. The summed E-state index contributed by atoms with van der Waals surface area (Å²) in [6.45, 7) is 7.32. The molecule has 6 heteroatoms. The first-order valence-corrected chi connectivity index (χ1v) is 12.3. The molecule has 0 saturated carbocycles. The van der Waals surface area contributed by atoms with Crippen molar-refractivity contribution in [2.45, 2.75) is 39.3 Å². The Morgan fingerprint density at radius 1 is 0.914 bits per heavy atom. The Balaban J connectivity index is 1.46. The highest BCUT2D eigenvalue weighted by Gasteiger charge is 2.35. The van der Waals surface area contributed by atoms with Gasteiger partial charge in [0, 0.05) is 36.8 Å². The van der Waals surface area contributed by atoms with Crippen LogP contribution in [0.25, 0.3) is 10.8 Å². The highest BCUT2D eigenvalue weighted by molar-refractivity contribution is 6.01. The lowest BCUT2D eigenvalue weighted by molar-refractivity contribution is -0.137. The number of fused-ring (bicyclic) bond motifs is 1.